The highest BCUT2D eigenvalue weighted by molar-refractivity contribution is 5.66. The molecule has 2 aliphatic rings. The van der Waals surface area contributed by atoms with Crippen LogP contribution in [0.3, 0.4) is 0 Å². The third-order valence-electron chi connectivity index (χ3n) is 9.56. The number of aliphatic carboxylic acids is 1. The first-order chi connectivity index (χ1) is 19.6. The first kappa shape index (κ1) is 36.4. The minimum absolute atomic E-state index is 0.154. The molecule has 4 unspecified atom stereocenters. The number of carboxylic acid groups (broad SMARTS) is 1. The van der Waals surface area contributed by atoms with Crippen LogP contribution in [0.1, 0.15) is 151 Å². The Morgan fingerprint density at radius 2 is 1.24 bits per heavy atom. The minimum Gasteiger partial charge on any atom is -0.481 e. The van der Waals surface area contributed by atoms with Crippen molar-refractivity contribution in [1.82, 2.24) is 10.1 Å². The van der Waals surface area contributed by atoms with Crippen molar-refractivity contribution in [3.8, 4) is 0 Å². The number of hydroxylamine groups is 4. The van der Waals surface area contributed by atoms with Gasteiger partial charge in [-0.25, -0.2) is 0 Å². The van der Waals surface area contributed by atoms with Crippen LogP contribution in [0.25, 0.3) is 0 Å². The van der Waals surface area contributed by atoms with Gasteiger partial charge >= 0.3 is 5.97 Å². The highest BCUT2D eigenvalue weighted by Crippen LogP contribution is 2.42. The molecule has 4 atom stereocenters. The summed E-state index contributed by atoms with van der Waals surface area (Å²) < 4.78 is 12.8. The lowest BCUT2D eigenvalue weighted by atomic mass is 9.92. The highest BCUT2D eigenvalue weighted by Gasteiger charge is 2.51. The van der Waals surface area contributed by atoms with Gasteiger partial charge in [-0.3, -0.25) is 14.5 Å². The number of unbranched alkanes of at least 4 members (excludes halogenated alkanes) is 7. The van der Waals surface area contributed by atoms with Gasteiger partial charge in [0.25, 0.3) is 0 Å². The molecule has 0 aromatic rings. The fraction of sp³-hybridized carbons (Fsp3) is 0.970. The van der Waals surface area contributed by atoms with E-state index < -0.39 is 23.2 Å². The van der Waals surface area contributed by atoms with Gasteiger partial charge in [0.1, 0.15) is 11.4 Å². The lowest BCUT2D eigenvalue weighted by Crippen LogP contribution is -2.57. The van der Waals surface area contributed by atoms with Crippen LogP contribution in [-0.4, -0.2) is 64.7 Å². The van der Waals surface area contributed by atoms with Crippen molar-refractivity contribution in [3.63, 3.8) is 0 Å². The van der Waals surface area contributed by atoms with Crippen LogP contribution in [0.15, 0.2) is 0 Å². The van der Waals surface area contributed by atoms with Crippen molar-refractivity contribution in [2.75, 3.05) is 26.3 Å². The van der Waals surface area contributed by atoms with Gasteiger partial charge in [0.05, 0.1) is 26.3 Å². The van der Waals surface area contributed by atoms with Crippen molar-refractivity contribution in [2.45, 2.75) is 168 Å². The van der Waals surface area contributed by atoms with E-state index in [0.29, 0.717) is 63.8 Å². The molecule has 242 valence electrons. The molecule has 0 saturated carbocycles. The van der Waals surface area contributed by atoms with Gasteiger partial charge < -0.3 is 14.6 Å². The maximum Gasteiger partial charge on any atom is 0.303 e. The SMILES string of the molecule is CCCCCCC(C)C1(C)OCCN1OC(CCC)(CCCCC(=O)O)ON1CCOC1(C)C(C)CCCCCC. The van der Waals surface area contributed by atoms with E-state index >= 15 is 0 Å². The minimum atomic E-state index is -0.916. The van der Waals surface area contributed by atoms with Gasteiger partial charge in [-0.05, 0) is 39.5 Å². The van der Waals surface area contributed by atoms with Crippen molar-refractivity contribution in [1.29, 1.82) is 0 Å². The van der Waals surface area contributed by atoms with Crippen LogP contribution in [0.5, 0.6) is 0 Å². The number of carboxylic acids is 1. The van der Waals surface area contributed by atoms with Gasteiger partial charge in [-0.2, -0.15) is 10.1 Å². The molecule has 0 aromatic carbocycles. The summed E-state index contributed by atoms with van der Waals surface area (Å²) in [6.45, 7) is 18.1. The zero-order valence-corrected chi connectivity index (χ0v) is 27.7. The van der Waals surface area contributed by atoms with Crippen LogP contribution in [0.2, 0.25) is 0 Å². The predicted octanol–water partition coefficient (Wildman–Crippen LogP) is 8.30. The number of carbonyl (C=O) groups is 1. The Morgan fingerprint density at radius 1 is 0.756 bits per heavy atom. The van der Waals surface area contributed by atoms with E-state index in [1.807, 2.05) is 10.1 Å². The quantitative estimate of drug-likeness (QED) is 0.0949. The van der Waals surface area contributed by atoms with Crippen molar-refractivity contribution >= 4 is 5.97 Å². The molecule has 0 aromatic heterocycles. The Kier molecular flexibility index (Phi) is 16.1. The van der Waals surface area contributed by atoms with Crippen molar-refractivity contribution < 1.29 is 29.0 Å². The molecule has 2 saturated heterocycles. The van der Waals surface area contributed by atoms with Crippen LogP contribution in [-0.2, 0) is 23.9 Å². The van der Waals surface area contributed by atoms with Crippen LogP contribution in [0, 0.1) is 11.8 Å². The first-order valence-corrected chi connectivity index (χ1v) is 17.0. The summed E-state index contributed by atoms with van der Waals surface area (Å²) in [4.78, 5) is 25.3. The van der Waals surface area contributed by atoms with E-state index in [1.54, 1.807) is 0 Å². The molecule has 0 spiro atoms. The van der Waals surface area contributed by atoms with E-state index in [1.165, 1.54) is 51.4 Å². The van der Waals surface area contributed by atoms with E-state index in [4.69, 9.17) is 19.1 Å². The summed E-state index contributed by atoms with van der Waals surface area (Å²) in [6, 6.07) is 0. The summed E-state index contributed by atoms with van der Waals surface area (Å²) in [6.07, 6.45) is 15.7. The molecule has 0 radical (unpaired) electrons. The molecular formula is C33H64N2O6. The summed E-state index contributed by atoms with van der Waals surface area (Å²) in [7, 11) is 0. The molecule has 0 aliphatic carbocycles. The molecule has 8 heteroatoms. The molecule has 41 heavy (non-hydrogen) atoms. The van der Waals surface area contributed by atoms with E-state index in [2.05, 4.69) is 48.5 Å². The molecule has 2 rings (SSSR count). The number of hydrogen-bond donors (Lipinski definition) is 1. The number of rotatable bonds is 23. The van der Waals surface area contributed by atoms with E-state index in [9.17, 15) is 9.90 Å². The predicted molar refractivity (Wildman–Crippen MR) is 164 cm³/mol. The Labute approximate surface area is 251 Å². The molecule has 0 bridgehead atoms. The first-order valence-electron chi connectivity index (χ1n) is 17.0. The third kappa shape index (κ3) is 10.7. The van der Waals surface area contributed by atoms with Gasteiger partial charge in [0.2, 0.25) is 5.79 Å². The van der Waals surface area contributed by atoms with Gasteiger partial charge in [-0.1, -0.05) is 92.4 Å². The molecule has 2 heterocycles. The standard InChI is InChI=1S/C33H64N2O6/c1-8-11-13-15-19-28(4)31(6)34(24-26-38-31)40-33(22-10-3,23-18-17-21-30(36)37)41-35-25-27-39-32(35,7)29(5)20-16-14-12-9-2/h28-29H,8-27H2,1-7H3,(H,36,37). The number of ether oxygens (including phenoxy) is 2. The average molecular weight is 585 g/mol. The summed E-state index contributed by atoms with van der Waals surface area (Å²) in [5.74, 6) is -1.07. The lowest BCUT2D eigenvalue weighted by molar-refractivity contribution is -0.455. The third-order valence-corrected chi connectivity index (χ3v) is 9.56. The zero-order chi connectivity index (χ0) is 30.4. The normalized spacial score (nSPS) is 26.8. The van der Waals surface area contributed by atoms with Crippen molar-refractivity contribution in [2.24, 2.45) is 11.8 Å². The lowest BCUT2D eigenvalue weighted by Gasteiger charge is -2.47. The smallest absolute Gasteiger partial charge is 0.303 e. The Hall–Kier alpha value is -0.770. The number of hydrogen-bond acceptors (Lipinski definition) is 7. The molecule has 2 aliphatic heterocycles. The Bertz CT molecular complexity index is 695. The van der Waals surface area contributed by atoms with Gasteiger partial charge in [0, 0.05) is 31.1 Å². The molecular weight excluding hydrogens is 520 g/mol. The summed E-state index contributed by atoms with van der Waals surface area (Å²) in [5, 5.41) is 13.4. The van der Waals surface area contributed by atoms with E-state index in [-0.39, 0.29) is 6.42 Å². The molecule has 1 N–H and O–H groups in total. The van der Waals surface area contributed by atoms with Gasteiger partial charge in [-0.15, -0.1) is 0 Å². The zero-order valence-electron chi connectivity index (χ0n) is 27.7. The Morgan fingerprint density at radius 3 is 1.66 bits per heavy atom. The van der Waals surface area contributed by atoms with Crippen molar-refractivity contribution in [3.05, 3.63) is 0 Å². The second-order valence-electron chi connectivity index (χ2n) is 13.0. The summed E-state index contributed by atoms with van der Waals surface area (Å²) >= 11 is 0. The molecule has 8 nitrogen and oxygen atoms in total. The Balaban J connectivity index is 2.26. The number of nitrogens with zero attached hydrogens (tertiary/aromatic N) is 2. The van der Waals surface area contributed by atoms with Crippen LogP contribution >= 0.6 is 0 Å². The maximum absolute atomic E-state index is 11.3. The largest absolute Gasteiger partial charge is 0.481 e. The topological polar surface area (TPSA) is 80.7 Å². The molecule has 0 amide bonds. The van der Waals surface area contributed by atoms with Crippen LogP contribution in [0.4, 0.5) is 0 Å². The second-order valence-corrected chi connectivity index (χ2v) is 13.0. The van der Waals surface area contributed by atoms with Crippen LogP contribution < -0.4 is 0 Å². The highest BCUT2D eigenvalue weighted by atomic mass is 16.9. The fourth-order valence-electron chi connectivity index (χ4n) is 6.37. The molecule has 2 fully saturated rings. The van der Waals surface area contributed by atoms with E-state index in [0.717, 1.165) is 19.3 Å². The fourth-order valence-corrected chi connectivity index (χ4v) is 6.37. The second kappa shape index (κ2) is 18.1. The average Bonchev–Trinajstić information content (AvgIpc) is 3.49. The monoisotopic (exact) mass is 584 g/mol. The van der Waals surface area contributed by atoms with Gasteiger partial charge in [0.15, 0.2) is 0 Å². The summed E-state index contributed by atoms with van der Waals surface area (Å²) in [5.41, 5.74) is -1.07. The maximum atomic E-state index is 11.3.